The average molecular weight is 352 g/mol. The highest BCUT2D eigenvalue weighted by Crippen LogP contribution is 2.39. The van der Waals surface area contributed by atoms with Crippen molar-refractivity contribution in [2.75, 3.05) is 39.5 Å². The van der Waals surface area contributed by atoms with Gasteiger partial charge in [-0.15, -0.1) is 0 Å². The minimum atomic E-state index is -0.0500. The monoisotopic (exact) mass is 352 g/mol. The molecule has 3 aliphatic heterocycles. The lowest BCUT2D eigenvalue weighted by molar-refractivity contribution is -0.152. The van der Waals surface area contributed by atoms with Gasteiger partial charge in [0.25, 0.3) is 0 Å². The van der Waals surface area contributed by atoms with Crippen LogP contribution in [0.15, 0.2) is 0 Å². The molecule has 3 saturated heterocycles. The van der Waals surface area contributed by atoms with Crippen molar-refractivity contribution in [2.24, 2.45) is 11.8 Å². The maximum Gasteiger partial charge on any atom is 0.225 e. The fourth-order valence-electron chi connectivity index (χ4n) is 4.51. The molecule has 0 aromatic carbocycles. The SMILES string of the molecule is CC(=O)NCCC1CCOC2(CCN(C(=O)C3CCOCC3)CC2)C1. The number of nitrogens with one attached hydrogen (secondary N) is 1. The van der Waals surface area contributed by atoms with E-state index in [4.69, 9.17) is 9.47 Å². The van der Waals surface area contributed by atoms with Crippen molar-refractivity contribution in [1.29, 1.82) is 0 Å². The minimum Gasteiger partial charge on any atom is -0.381 e. The average Bonchev–Trinajstić information content (AvgIpc) is 2.62. The zero-order chi connectivity index (χ0) is 17.7. The minimum absolute atomic E-state index is 0.0432. The van der Waals surface area contributed by atoms with Gasteiger partial charge in [-0.05, 0) is 50.9 Å². The molecule has 0 aromatic rings. The van der Waals surface area contributed by atoms with Crippen LogP contribution < -0.4 is 5.32 Å². The molecular weight excluding hydrogens is 320 g/mol. The molecule has 3 rings (SSSR count). The third-order valence-electron chi connectivity index (χ3n) is 6.08. The zero-order valence-corrected chi connectivity index (χ0v) is 15.4. The summed E-state index contributed by atoms with van der Waals surface area (Å²) in [6.07, 6.45) is 6.77. The molecule has 3 heterocycles. The fourth-order valence-corrected chi connectivity index (χ4v) is 4.51. The lowest BCUT2D eigenvalue weighted by Crippen LogP contribution is -2.52. The Labute approximate surface area is 150 Å². The Bertz CT molecular complexity index is 468. The molecule has 0 aliphatic carbocycles. The van der Waals surface area contributed by atoms with Gasteiger partial charge in [-0.3, -0.25) is 9.59 Å². The predicted octanol–water partition coefficient (Wildman–Crippen LogP) is 1.73. The van der Waals surface area contributed by atoms with Crippen molar-refractivity contribution in [2.45, 2.75) is 57.5 Å². The first-order valence-electron chi connectivity index (χ1n) is 9.83. The highest BCUT2D eigenvalue weighted by molar-refractivity contribution is 5.79. The molecule has 6 heteroatoms. The molecule has 1 N–H and O–H groups in total. The number of amides is 2. The van der Waals surface area contributed by atoms with Crippen molar-refractivity contribution in [1.82, 2.24) is 10.2 Å². The van der Waals surface area contributed by atoms with Crippen LogP contribution in [0.1, 0.15) is 51.9 Å². The number of rotatable bonds is 4. The van der Waals surface area contributed by atoms with Crippen LogP contribution in [0.5, 0.6) is 0 Å². The number of carbonyl (C=O) groups is 2. The van der Waals surface area contributed by atoms with Gasteiger partial charge in [-0.25, -0.2) is 0 Å². The Balaban J connectivity index is 1.46. The Kier molecular flexibility index (Phi) is 6.34. The molecule has 3 aliphatic rings. The summed E-state index contributed by atoms with van der Waals surface area (Å²) in [5, 5.41) is 2.90. The quantitative estimate of drug-likeness (QED) is 0.837. The van der Waals surface area contributed by atoms with Crippen LogP contribution in [0, 0.1) is 11.8 Å². The van der Waals surface area contributed by atoms with Crippen molar-refractivity contribution in [3.8, 4) is 0 Å². The number of likely N-dealkylation sites (tertiary alicyclic amines) is 1. The zero-order valence-electron chi connectivity index (χ0n) is 15.4. The van der Waals surface area contributed by atoms with E-state index in [1.807, 2.05) is 4.90 Å². The summed E-state index contributed by atoms with van der Waals surface area (Å²) < 4.78 is 11.6. The Morgan fingerprint density at radius 2 is 1.84 bits per heavy atom. The van der Waals surface area contributed by atoms with E-state index < -0.39 is 0 Å². The van der Waals surface area contributed by atoms with Gasteiger partial charge < -0.3 is 19.7 Å². The molecule has 0 radical (unpaired) electrons. The van der Waals surface area contributed by atoms with Crippen molar-refractivity contribution in [3.63, 3.8) is 0 Å². The molecule has 6 nitrogen and oxygen atoms in total. The lowest BCUT2D eigenvalue weighted by Gasteiger charge is -2.47. The normalized spacial score (nSPS) is 27.2. The molecule has 25 heavy (non-hydrogen) atoms. The molecule has 0 bridgehead atoms. The van der Waals surface area contributed by atoms with Crippen LogP contribution in [0.4, 0.5) is 0 Å². The number of hydrogen-bond acceptors (Lipinski definition) is 4. The highest BCUT2D eigenvalue weighted by atomic mass is 16.5. The standard InChI is InChI=1S/C19H32N2O4/c1-15(22)20-8-2-16-3-13-25-19(14-16)6-9-21(10-7-19)18(23)17-4-11-24-12-5-17/h16-17H,2-14H2,1H3,(H,20,22). The summed E-state index contributed by atoms with van der Waals surface area (Å²) in [6.45, 7) is 6.18. The van der Waals surface area contributed by atoms with E-state index in [-0.39, 0.29) is 17.4 Å². The van der Waals surface area contributed by atoms with Crippen LogP contribution in [0.2, 0.25) is 0 Å². The summed E-state index contributed by atoms with van der Waals surface area (Å²) >= 11 is 0. The first-order chi connectivity index (χ1) is 12.1. The van der Waals surface area contributed by atoms with Gasteiger partial charge in [0.05, 0.1) is 5.60 Å². The molecular formula is C19H32N2O4. The van der Waals surface area contributed by atoms with E-state index in [1.165, 1.54) is 0 Å². The maximum absolute atomic E-state index is 12.7. The van der Waals surface area contributed by atoms with Gasteiger partial charge in [0, 0.05) is 52.3 Å². The third kappa shape index (κ3) is 4.94. The van der Waals surface area contributed by atoms with Crippen LogP contribution in [0.3, 0.4) is 0 Å². The number of piperidine rings is 1. The molecule has 1 unspecified atom stereocenters. The van der Waals surface area contributed by atoms with E-state index in [0.29, 0.717) is 25.0 Å². The smallest absolute Gasteiger partial charge is 0.225 e. The number of nitrogens with zero attached hydrogens (tertiary/aromatic N) is 1. The van der Waals surface area contributed by atoms with Crippen LogP contribution in [-0.4, -0.2) is 61.8 Å². The van der Waals surface area contributed by atoms with Crippen LogP contribution in [0.25, 0.3) is 0 Å². The summed E-state index contributed by atoms with van der Waals surface area (Å²) in [5.41, 5.74) is -0.0500. The highest BCUT2D eigenvalue weighted by Gasteiger charge is 2.41. The fraction of sp³-hybridized carbons (Fsp3) is 0.895. The number of ether oxygens (including phenoxy) is 2. The summed E-state index contributed by atoms with van der Waals surface area (Å²) in [4.78, 5) is 25.8. The van der Waals surface area contributed by atoms with Crippen molar-refractivity contribution in [3.05, 3.63) is 0 Å². The van der Waals surface area contributed by atoms with E-state index in [1.54, 1.807) is 6.92 Å². The topological polar surface area (TPSA) is 67.9 Å². The van der Waals surface area contributed by atoms with E-state index in [2.05, 4.69) is 5.32 Å². The molecule has 142 valence electrons. The second kappa shape index (κ2) is 8.49. The Morgan fingerprint density at radius 1 is 1.12 bits per heavy atom. The van der Waals surface area contributed by atoms with Crippen molar-refractivity contribution < 1.29 is 19.1 Å². The summed E-state index contributed by atoms with van der Waals surface area (Å²) in [5.74, 6) is 1.12. The third-order valence-corrected chi connectivity index (χ3v) is 6.08. The van der Waals surface area contributed by atoms with Gasteiger partial charge in [0.2, 0.25) is 11.8 Å². The van der Waals surface area contributed by atoms with Gasteiger partial charge in [0.1, 0.15) is 0 Å². The van der Waals surface area contributed by atoms with Gasteiger partial charge >= 0.3 is 0 Å². The molecule has 0 saturated carbocycles. The second-order valence-electron chi connectivity index (χ2n) is 7.87. The molecule has 0 aromatic heterocycles. The first-order valence-corrected chi connectivity index (χ1v) is 9.83. The molecule has 3 fully saturated rings. The molecule has 1 spiro atoms. The Hall–Kier alpha value is -1.14. The van der Waals surface area contributed by atoms with E-state index >= 15 is 0 Å². The second-order valence-corrected chi connectivity index (χ2v) is 7.87. The summed E-state index contributed by atoms with van der Waals surface area (Å²) in [6, 6.07) is 0. The predicted molar refractivity (Wildman–Crippen MR) is 94.1 cm³/mol. The van der Waals surface area contributed by atoms with Gasteiger partial charge in [0.15, 0.2) is 0 Å². The van der Waals surface area contributed by atoms with Crippen LogP contribution >= 0.6 is 0 Å². The first kappa shape index (κ1) is 18.6. The van der Waals surface area contributed by atoms with Gasteiger partial charge in [-0.2, -0.15) is 0 Å². The number of carbonyl (C=O) groups excluding carboxylic acids is 2. The van der Waals surface area contributed by atoms with Crippen LogP contribution in [-0.2, 0) is 19.1 Å². The lowest BCUT2D eigenvalue weighted by atomic mass is 9.78. The van der Waals surface area contributed by atoms with E-state index in [0.717, 1.165) is 71.2 Å². The number of hydrogen-bond donors (Lipinski definition) is 1. The van der Waals surface area contributed by atoms with E-state index in [9.17, 15) is 9.59 Å². The Morgan fingerprint density at radius 3 is 2.52 bits per heavy atom. The summed E-state index contributed by atoms with van der Waals surface area (Å²) in [7, 11) is 0. The molecule has 2 amide bonds. The molecule has 1 atom stereocenters. The maximum atomic E-state index is 12.7. The largest absolute Gasteiger partial charge is 0.381 e. The van der Waals surface area contributed by atoms with Gasteiger partial charge in [-0.1, -0.05) is 0 Å². The van der Waals surface area contributed by atoms with Crippen molar-refractivity contribution >= 4 is 11.8 Å².